The second kappa shape index (κ2) is 8.04. The average Bonchev–Trinajstić information content (AvgIpc) is 2.30. The minimum atomic E-state index is -0.518. The Morgan fingerprint density at radius 3 is 2.41 bits per heavy atom. The molecule has 0 aliphatic carbocycles. The highest BCUT2D eigenvalue weighted by Gasteiger charge is 2.20. The molecule has 0 heterocycles. The van der Waals surface area contributed by atoms with Crippen LogP contribution in [-0.4, -0.2) is 43.3 Å². The van der Waals surface area contributed by atoms with E-state index in [1.165, 1.54) is 0 Å². The van der Waals surface area contributed by atoms with Crippen LogP contribution in [0.3, 0.4) is 0 Å². The van der Waals surface area contributed by atoms with Crippen LogP contribution >= 0.6 is 23.2 Å². The number of alkyl carbamates (subject to hydrolysis) is 1. The Morgan fingerprint density at radius 2 is 1.91 bits per heavy atom. The average molecular weight is 347 g/mol. The van der Waals surface area contributed by atoms with Crippen LogP contribution in [-0.2, 0) is 11.2 Å². The van der Waals surface area contributed by atoms with Crippen molar-refractivity contribution >= 4 is 29.3 Å². The third-order valence-corrected chi connectivity index (χ3v) is 3.51. The van der Waals surface area contributed by atoms with Crippen LogP contribution in [0.1, 0.15) is 26.3 Å². The van der Waals surface area contributed by atoms with Crippen molar-refractivity contribution in [1.29, 1.82) is 0 Å². The van der Waals surface area contributed by atoms with Crippen molar-refractivity contribution in [1.82, 2.24) is 10.2 Å². The van der Waals surface area contributed by atoms with E-state index >= 15 is 0 Å². The van der Waals surface area contributed by atoms with Gasteiger partial charge in [-0.15, -0.1) is 0 Å². The summed E-state index contributed by atoms with van der Waals surface area (Å²) in [6, 6.07) is 5.42. The molecule has 0 spiro atoms. The van der Waals surface area contributed by atoms with Crippen LogP contribution in [0.4, 0.5) is 4.79 Å². The standard InChI is InChI=1S/C16H24Cl2N2O2/c1-16(2,3)22-15(21)19-12(10-20(4)5)8-11-6-7-13(17)14(18)9-11/h6-7,9,12H,8,10H2,1-5H3,(H,19,21)/t12-/m0/s1. The van der Waals surface area contributed by atoms with E-state index < -0.39 is 11.7 Å². The Bertz CT molecular complexity index is 513. The molecule has 1 aromatic rings. The van der Waals surface area contributed by atoms with Crippen LogP contribution in [0.5, 0.6) is 0 Å². The SMILES string of the molecule is CN(C)C[C@H](Cc1ccc(Cl)c(Cl)c1)NC(=O)OC(C)(C)C. The summed E-state index contributed by atoms with van der Waals surface area (Å²) in [7, 11) is 3.91. The maximum absolute atomic E-state index is 12.0. The highest BCUT2D eigenvalue weighted by molar-refractivity contribution is 6.42. The molecule has 124 valence electrons. The predicted octanol–water partition coefficient (Wildman–Crippen LogP) is 3.99. The monoisotopic (exact) mass is 346 g/mol. The lowest BCUT2D eigenvalue weighted by atomic mass is 10.1. The van der Waals surface area contributed by atoms with Crippen molar-refractivity contribution < 1.29 is 9.53 Å². The van der Waals surface area contributed by atoms with Crippen LogP contribution in [0.15, 0.2) is 18.2 Å². The molecule has 0 fully saturated rings. The lowest BCUT2D eigenvalue weighted by molar-refractivity contribution is 0.0497. The summed E-state index contributed by atoms with van der Waals surface area (Å²) in [6.45, 7) is 6.21. The van der Waals surface area contributed by atoms with Crippen molar-refractivity contribution in [2.75, 3.05) is 20.6 Å². The van der Waals surface area contributed by atoms with E-state index in [0.29, 0.717) is 23.0 Å². The number of hydrogen-bond acceptors (Lipinski definition) is 3. The summed E-state index contributed by atoms with van der Waals surface area (Å²) in [5.74, 6) is 0. The molecule has 0 unspecified atom stereocenters. The van der Waals surface area contributed by atoms with Gasteiger partial charge in [0.15, 0.2) is 0 Å². The summed E-state index contributed by atoms with van der Waals surface area (Å²) in [6.07, 6.45) is 0.230. The van der Waals surface area contributed by atoms with Crippen LogP contribution in [0, 0.1) is 0 Å². The number of ether oxygens (including phenoxy) is 1. The molecule has 0 bridgehead atoms. The minimum Gasteiger partial charge on any atom is -0.444 e. The largest absolute Gasteiger partial charge is 0.444 e. The molecule has 6 heteroatoms. The second-order valence-corrected chi connectivity index (χ2v) is 7.37. The van der Waals surface area contributed by atoms with Crippen molar-refractivity contribution in [2.24, 2.45) is 0 Å². The molecular weight excluding hydrogens is 323 g/mol. The number of carbonyl (C=O) groups excluding carboxylic acids is 1. The molecule has 22 heavy (non-hydrogen) atoms. The molecule has 1 rings (SSSR count). The molecule has 0 saturated carbocycles. The second-order valence-electron chi connectivity index (χ2n) is 6.56. The summed E-state index contributed by atoms with van der Waals surface area (Å²) in [5.41, 5.74) is 0.494. The van der Waals surface area contributed by atoms with Gasteiger partial charge in [0.1, 0.15) is 5.60 Å². The molecule has 0 aliphatic heterocycles. The van der Waals surface area contributed by atoms with Crippen molar-refractivity contribution in [3.8, 4) is 0 Å². The number of hydrogen-bond donors (Lipinski definition) is 1. The highest BCUT2D eigenvalue weighted by atomic mass is 35.5. The zero-order chi connectivity index (χ0) is 16.9. The summed E-state index contributed by atoms with van der Waals surface area (Å²) in [4.78, 5) is 14.0. The number of likely N-dealkylation sites (N-methyl/N-ethyl adjacent to an activating group) is 1. The summed E-state index contributed by atoms with van der Waals surface area (Å²) >= 11 is 12.0. The molecule has 1 amide bonds. The number of carbonyl (C=O) groups is 1. The molecule has 4 nitrogen and oxygen atoms in total. The number of amides is 1. The normalized spacial score (nSPS) is 13.1. The smallest absolute Gasteiger partial charge is 0.407 e. The van der Waals surface area contributed by atoms with E-state index in [1.807, 2.05) is 51.9 Å². The summed E-state index contributed by atoms with van der Waals surface area (Å²) in [5, 5.41) is 3.95. The third-order valence-electron chi connectivity index (χ3n) is 2.77. The first kappa shape index (κ1) is 19.1. The number of nitrogens with one attached hydrogen (secondary N) is 1. The van der Waals surface area contributed by atoms with Crippen molar-refractivity contribution in [3.63, 3.8) is 0 Å². The van der Waals surface area contributed by atoms with E-state index in [2.05, 4.69) is 5.32 Å². The van der Waals surface area contributed by atoms with E-state index in [1.54, 1.807) is 6.07 Å². The Labute approximate surface area is 142 Å². The van der Waals surface area contributed by atoms with E-state index in [0.717, 1.165) is 5.56 Å². The first-order valence-electron chi connectivity index (χ1n) is 7.15. The number of benzene rings is 1. The predicted molar refractivity (Wildman–Crippen MR) is 91.9 cm³/mol. The van der Waals surface area contributed by atoms with E-state index in [9.17, 15) is 4.79 Å². The van der Waals surface area contributed by atoms with Crippen LogP contribution in [0.25, 0.3) is 0 Å². The van der Waals surface area contributed by atoms with Gasteiger partial charge in [-0.2, -0.15) is 0 Å². The number of nitrogens with zero attached hydrogens (tertiary/aromatic N) is 1. The van der Waals surface area contributed by atoms with Gasteiger partial charge in [-0.3, -0.25) is 0 Å². The molecular formula is C16H24Cl2N2O2. The Hall–Kier alpha value is -0.970. The fourth-order valence-electron chi connectivity index (χ4n) is 2.03. The lowest BCUT2D eigenvalue weighted by Crippen LogP contribution is -2.45. The Balaban J connectivity index is 2.75. The van der Waals surface area contributed by atoms with Gasteiger partial charge in [0, 0.05) is 12.6 Å². The fraction of sp³-hybridized carbons (Fsp3) is 0.562. The first-order chi connectivity index (χ1) is 10.1. The minimum absolute atomic E-state index is 0.0814. The van der Waals surface area contributed by atoms with E-state index in [4.69, 9.17) is 27.9 Å². The molecule has 1 N–H and O–H groups in total. The van der Waals surface area contributed by atoms with Crippen LogP contribution < -0.4 is 5.32 Å². The van der Waals surface area contributed by atoms with Gasteiger partial charge in [0.2, 0.25) is 0 Å². The number of halogens is 2. The molecule has 0 radical (unpaired) electrons. The van der Waals surface area contributed by atoms with Gasteiger partial charge >= 0.3 is 6.09 Å². The van der Waals surface area contributed by atoms with Gasteiger partial charge < -0.3 is 15.0 Å². The van der Waals surface area contributed by atoms with Gasteiger partial charge in [0.05, 0.1) is 10.0 Å². The zero-order valence-corrected chi connectivity index (χ0v) is 15.3. The van der Waals surface area contributed by atoms with Gasteiger partial charge in [-0.1, -0.05) is 29.3 Å². The Morgan fingerprint density at radius 1 is 1.27 bits per heavy atom. The summed E-state index contributed by atoms with van der Waals surface area (Å²) < 4.78 is 5.31. The number of rotatable bonds is 5. The quantitative estimate of drug-likeness (QED) is 0.876. The van der Waals surface area contributed by atoms with Gasteiger partial charge in [0.25, 0.3) is 0 Å². The molecule has 0 aliphatic rings. The highest BCUT2D eigenvalue weighted by Crippen LogP contribution is 2.23. The van der Waals surface area contributed by atoms with Crippen LogP contribution in [0.2, 0.25) is 10.0 Å². The van der Waals surface area contributed by atoms with Crippen molar-refractivity contribution in [3.05, 3.63) is 33.8 Å². The molecule has 0 aromatic heterocycles. The van der Waals surface area contributed by atoms with Crippen molar-refractivity contribution in [2.45, 2.75) is 38.8 Å². The molecule has 0 saturated heterocycles. The van der Waals surface area contributed by atoms with Gasteiger partial charge in [-0.25, -0.2) is 4.79 Å². The Kier molecular flexibility index (Phi) is 6.98. The lowest BCUT2D eigenvalue weighted by Gasteiger charge is -2.25. The topological polar surface area (TPSA) is 41.6 Å². The van der Waals surface area contributed by atoms with Gasteiger partial charge in [-0.05, 0) is 59.0 Å². The fourth-order valence-corrected chi connectivity index (χ4v) is 2.35. The zero-order valence-electron chi connectivity index (χ0n) is 13.7. The third kappa shape index (κ3) is 7.34. The molecule has 1 atom stereocenters. The molecule has 1 aromatic carbocycles. The first-order valence-corrected chi connectivity index (χ1v) is 7.90. The van der Waals surface area contributed by atoms with E-state index in [-0.39, 0.29) is 6.04 Å². The maximum Gasteiger partial charge on any atom is 0.407 e. The maximum atomic E-state index is 12.0.